The van der Waals surface area contributed by atoms with Crippen LogP contribution in [0.25, 0.3) is 22.3 Å². The molecule has 2 aliphatic rings. The minimum absolute atomic E-state index is 0.102. The molecule has 0 aliphatic carbocycles. The van der Waals surface area contributed by atoms with E-state index >= 15 is 0 Å². The number of benzene rings is 1. The summed E-state index contributed by atoms with van der Waals surface area (Å²) in [7, 11) is 0. The maximum Gasteiger partial charge on any atom is 0.396 e. The molecule has 0 bridgehead atoms. The van der Waals surface area contributed by atoms with Gasteiger partial charge in [0.1, 0.15) is 23.5 Å². The van der Waals surface area contributed by atoms with Crippen LogP contribution in [-0.2, 0) is 4.79 Å². The van der Waals surface area contributed by atoms with E-state index in [2.05, 4.69) is 20.6 Å². The molecule has 1 aromatic carbocycles. The van der Waals surface area contributed by atoms with Gasteiger partial charge in [0.25, 0.3) is 0 Å². The van der Waals surface area contributed by atoms with Crippen molar-refractivity contribution in [2.45, 2.75) is 31.0 Å². The normalized spacial score (nSPS) is 22.0. The SMILES string of the molecule is O=C1C[C@@H](C(F)(F)F)c2c(ncnc2-c2nn(C3CCNC3)c3ccccc23)N1. The summed E-state index contributed by atoms with van der Waals surface area (Å²) in [6.45, 7) is 1.60. The molecule has 1 amide bonds. The van der Waals surface area contributed by atoms with Crippen molar-refractivity contribution in [2.24, 2.45) is 0 Å². The number of anilines is 1. The zero-order chi connectivity index (χ0) is 20.2. The van der Waals surface area contributed by atoms with E-state index in [-0.39, 0.29) is 23.1 Å². The monoisotopic (exact) mass is 402 g/mol. The van der Waals surface area contributed by atoms with Gasteiger partial charge in [-0.15, -0.1) is 0 Å². The Balaban J connectivity index is 1.75. The van der Waals surface area contributed by atoms with E-state index in [1.54, 1.807) is 0 Å². The van der Waals surface area contributed by atoms with Crippen LogP contribution in [0, 0.1) is 0 Å². The Labute approximate surface area is 163 Å². The molecular weight excluding hydrogens is 385 g/mol. The van der Waals surface area contributed by atoms with Crippen LogP contribution in [0.5, 0.6) is 0 Å². The van der Waals surface area contributed by atoms with Gasteiger partial charge in [-0.1, -0.05) is 18.2 Å². The van der Waals surface area contributed by atoms with Crippen molar-refractivity contribution < 1.29 is 18.0 Å². The van der Waals surface area contributed by atoms with E-state index < -0.39 is 24.4 Å². The lowest BCUT2D eigenvalue weighted by molar-refractivity contribution is -0.156. The van der Waals surface area contributed by atoms with Gasteiger partial charge >= 0.3 is 6.18 Å². The van der Waals surface area contributed by atoms with Crippen LogP contribution in [0.4, 0.5) is 19.0 Å². The molecule has 2 atom stereocenters. The smallest absolute Gasteiger partial charge is 0.315 e. The second-order valence-corrected chi connectivity index (χ2v) is 7.29. The lowest BCUT2D eigenvalue weighted by Crippen LogP contribution is -2.33. The molecule has 3 aromatic rings. The topological polar surface area (TPSA) is 84.7 Å². The fraction of sp³-hybridized carbons (Fsp3) is 0.368. The Hall–Kier alpha value is -3.01. The number of nitrogens with zero attached hydrogens (tertiary/aromatic N) is 4. The molecule has 150 valence electrons. The summed E-state index contributed by atoms with van der Waals surface area (Å²) in [5, 5.41) is 11.1. The van der Waals surface area contributed by atoms with Gasteiger partial charge in [0.2, 0.25) is 5.91 Å². The van der Waals surface area contributed by atoms with Crippen molar-refractivity contribution in [3.8, 4) is 11.4 Å². The highest BCUT2D eigenvalue weighted by atomic mass is 19.4. The van der Waals surface area contributed by atoms with Crippen molar-refractivity contribution in [2.75, 3.05) is 18.4 Å². The predicted octanol–water partition coefficient (Wildman–Crippen LogP) is 3.02. The third-order valence-corrected chi connectivity index (χ3v) is 5.49. The van der Waals surface area contributed by atoms with Crippen LogP contribution in [0.15, 0.2) is 30.6 Å². The van der Waals surface area contributed by atoms with E-state index in [4.69, 9.17) is 5.10 Å². The lowest BCUT2D eigenvalue weighted by atomic mass is 9.89. The van der Waals surface area contributed by atoms with Gasteiger partial charge in [-0.3, -0.25) is 9.48 Å². The molecular formula is C19H17F3N6O. The summed E-state index contributed by atoms with van der Waals surface area (Å²) in [6, 6.07) is 7.54. The summed E-state index contributed by atoms with van der Waals surface area (Å²) < 4.78 is 43.2. The van der Waals surface area contributed by atoms with Crippen LogP contribution >= 0.6 is 0 Å². The van der Waals surface area contributed by atoms with E-state index in [1.807, 2.05) is 28.9 Å². The predicted molar refractivity (Wildman–Crippen MR) is 99.3 cm³/mol. The van der Waals surface area contributed by atoms with E-state index in [9.17, 15) is 18.0 Å². The number of hydrogen-bond donors (Lipinski definition) is 2. The lowest BCUT2D eigenvalue weighted by Gasteiger charge is -2.27. The van der Waals surface area contributed by atoms with Gasteiger partial charge < -0.3 is 10.6 Å². The first kappa shape index (κ1) is 18.0. The third-order valence-electron chi connectivity index (χ3n) is 5.49. The zero-order valence-corrected chi connectivity index (χ0v) is 15.2. The first-order chi connectivity index (χ1) is 13.9. The highest BCUT2D eigenvalue weighted by Gasteiger charge is 2.47. The number of aromatic nitrogens is 4. The number of carbonyl (C=O) groups is 1. The first-order valence-corrected chi connectivity index (χ1v) is 9.33. The summed E-state index contributed by atoms with van der Waals surface area (Å²) in [5.41, 5.74) is 1.20. The molecule has 2 aromatic heterocycles. The van der Waals surface area contributed by atoms with Crippen molar-refractivity contribution >= 4 is 22.6 Å². The highest BCUT2D eigenvalue weighted by Crippen LogP contribution is 2.46. The molecule has 4 heterocycles. The maximum absolute atomic E-state index is 13.8. The van der Waals surface area contributed by atoms with Crippen molar-refractivity contribution in [1.29, 1.82) is 0 Å². The van der Waals surface area contributed by atoms with E-state index in [0.717, 1.165) is 36.7 Å². The first-order valence-electron chi connectivity index (χ1n) is 9.33. The van der Waals surface area contributed by atoms with Gasteiger partial charge in [0, 0.05) is 23.9 Å². The second kappa shape index (κ2) is 6.51. The molecule has 0 radical (unpaired) electrons. The number of amides is 1. The number of hydrogen-bond acceptors (Lipinski definition) is 5. The summed E-state index contributed by atoms with van der Waals surface area (Å²) in [5.74, 6) is -2.79. The standard InChI is InChI=1S/C19H17F3N6O/c20-19(21,22)12-7-14(29)26-18-15(12)17(24-9-25-18)16-11-3-1-2-4-13(11)28(27-16)10-5-6-23-8-10/h1-4,9-10,12,23H,5-8H2,(H,24,25,26,29)/t10?,12-/m1/s1. The molecule has 1 unspecified atom stereocenters. The Morgan fingerprint density at radius 2 is 1.97 bits per heavy atom. The van der Waals surface area contributed by atoms with Crippen LogP contribution < -0.4 is 10.6 Å². The van der Waals surface area contributed by atoms with Crippen molar-refractivity contribution in [3.05, 3.63) is 36.2 Å². The Kier molecular flexibility index (Phi) is 4.05. The fourth-order valence-corrected chi connectivity index (χ4v) is 4.15. The molecule has 0 spiro atoms. The molecule has 1 saturated heterocycles. The molecule has 5 rings (SSSR count). The number of fused-ring (bicyclic) bond motifs is 2. The van der Waals surface area contributed by atoms with Gasteiger partial charge in [-0.05, 0) is 19.0 Å². The van der Waals surface area contributed by atoms with E-state index in [1.165, 1.54) is 0 Å². The average Bonchev–Trinajstić information content (AvgIpc) is 3.34. The second-order valence-electron chi connectivity index (χ2n) is 7.29. The van der Waals surface area contributed by atoms with Gasteiger partial charge in [-0.25, -0.2) is 9.97 Å². The summed E-state index contributed by atoms with van der Waals surface area (Å²) in [4.78, 5) is 19.9. The summed E-state index contributed by atoms with van der Waals surface area (Å²) in [6.07, 6.45) is -3.24. The fourth-order valence-electron chi connectivity index (χ4n) is 4.15. The van der Waals surface area contributed by atoms with Gasteiger partial charge in [0.05, 0.1) is 17.5 Å². The number of alkyl halides is 3. The van der Waals surface area contributed by atoms with Crippen LogP contribution in [0.3, 0.4) is 0 Å². The minimum Gasteiger partial charge on any atom is -0.315 e. The summed E-state index contributed by atoms with van der Waals surface area (Å²) >= 11 is 0. The van der Waals surface area contributed by atoms with E-state index in [0.29, 0.717) is 5.69 Å². The zero-order valence-electron chi connectivity index (χ0n) is 15.2. The Bertz CT molecular complexity index is 1100. The molecule has 29 heavy (non-hydrogen) atoms. The highest BCUT2D eigenvalue weighted by molar-refractivity contribution is 5.98. The molecule has 2 N–H and O–H groups in total. The number of rotatable bonds is 2. The van der Waals surface area contributed by atoms with Crippen molar-refractivity contribution in [1.82, 2.24) is 25.1 Å². The third kappa shape index (κ3) is 2.94. The van der Waals surface area contributed by atoms with Gasteiger partial charge in [0.15, 0.2) is 0 Å². The largest absolute Gasteiger partial charge is 0.396 e. The molecule has 10 heteroatoms. The Morgan fingerprint density at radius 1 is 1.14 bits per heavy atom. The Morgan fingerprint density at radius 3 is 2.72 bits per heavy atom. The van der Waals surface area contributed by atoms with Crippen LogP contribution in [0.1, 0.15) is 30.4 Å². The molecule has 0 saturated carbocycles. The van der Waals surface area contributed by atoms with Crippen LogP contribution in [-0.4, -0.2) is 44.9 Å². The maximum atomic E-state index is 13.8. The number of carbonyl (C=O) groups excluding carboxylic acids is 1. The van der Waals surface area contributed by atoms with Crippen LogP contribution in [0.2, 0.25) is 0 Å². The van der Waals surface area contributed by atoms with Gasteiger partial charge in [-0.2, -0.15) is 18.3 Å². The number of halogens is 3. The minimum atomic E-state index is -4.60. The van der Waals surface area contributed by atoms with Crippen molar-refractivity contribution in [3.63, 3.8) is 0 Å². The molecule has 2 aliphatic heterocycles. The number of para-hydroxylation sites is 1. The quantitative estimate of drug-likeness (QED) is 0.688. The molecule has 7 nitrogen and oxygen atoms in total. The average molecular weight is 402 g/mol. The number of nitrogens with one attached hydrogen (secondary N) is 2. The molecule has 1 fully saturated rings.